The van der Waals surface area contributed by atoms with Crippen LogP contribution >= 0.6 is 11.5 Å². The molecule has 1 amide bonds. The zero-order chi connectivity index (χ0) is 15.4. The lowest BCUT2D eigenvalue weighted by Crippen LogP contribution is -2.42. The van der Waals surface area contributed by atoms with Gasteiger partial charge in [0.15, 0.2) is 0 Å². The van der Waals surface area contributed by atoms with E-state index < -0.39 is 0 Å². The molecule has 0 bridgehead atoms. The predicted octanol–water partition coefficient (Wildman–Crippen LogP) is 2.50. The second kappa shape index (κ2) is 6.93. The smallest absolute Gasteiger partial charge is 0.267 e. The first-order valence-corrected chi connectivity index (χ1v) is 7.92. The Bertz CT molecular complexity index is 612. The second-order valence-corrected chi connectivity index (χ2v) is 5.97. The van der Waals surface area contributed by atoms with Gasteiger partial charge in [-0.2, -0.15) is 0 Å². The summed E-state index contributed by atoms with van der Waals surface area (Å²) in [6.45, 7) is 1.75. The predicted molar refractivity (Wildman–Crippen MR) is 80.0 cm³/mol. The van der Waals surface area contributed by atoms with Crippen molar-refractivity contribution in [3.8, 4) is 0 Å². The van der Waals surface area contributed by atoms with Crippen LogP contribution in [-0.2, 0) is 11.3 Å². The van der Waals surface area contributed by atoms with Crippen LogP contribution in [0.2, 0.25) is 0 Å². The highest BCUT2D eigenvalue weighted by Crippen LogP contribution is 2.21. The van der Waals surface area contributed by atoms with Gasteiger partial charge < -0.3 is 9.64 Å². The maximum Gasteiger partial charge on any atom is 0.267 e. The molecule has 7 heteroatoms. The fraction of sp³-hybridized carbons (Fsp3) is 0.400. The number of nitrogens with zero attached hydrogens (tertiary/aromatic N) is 3. The molecule has 1 aliphatic rings. The van der Waals surface area contributed by atoms with E-state index in [9.17, 15) is 9.18 Å². The molecule has 1 aromatic carbocycles. The zero-order valence-electron chi connectivity index (χ0n) is 11.9. The van der Waals surface area contributed by atoms with E-state index in [0.29, 0.717) is 24.6 Å². The maximum absolute atomic E-state index is 13.0. The lowest BCUT2D eigenvalue weighted by molar-refractivity contribution is 0.0270. The number of hydrogen-bond donors (Lipinski definition) is 0. The molecule has 0 unspecified atom stereocenters. The summed E-state index contributed by atoms with van der Waals surface area (Å²) in [7, 11) is 0. The summed E-state index contributed by atoms with van der Waals surface area (Å²) in [4.78, 5) is 15.1. The van der Waals surface area contributed by atoms with Crippen molar-refractivity contribution in [3.63, 3.8) is 0 Å². The van der Waals surface area contributed by atoms with Crippen molar-refractivity contribution in [2.75, 3.05) is 13.2 Å². The van der Waals surface area contributed by atoms with Gasteiger partial charge >= 0.3 is 0 Å². The number of amides is 1. The molecule has 5 nitrogen and oxygen atoms in total. The van der Waals surface area contributed by atoms with Crippen molar-refractivity contribution in [1.82, 2.24) is 14.5 Å². The van der Waals surface area contributed by atoms with Gasteiger partial charge in [-0.15, -0.1) is 5.10 Å². The van der Waals surface area contributed by atoms with Crippen molar-refractivity contribution in [3.05, 3.63) is 46.7 Å². The second-order valence-electron chi connectivity index (χ2n) is 5.18. The van der Waals surface area contributed by atoms with Gasteiger partial charge in [-0.3, -0.25) is 4.79 Å². The van der Waals surface area contributed by atoms with Crippen molar-refractivity contribution < 1.29 is 13.9 Å². The summed E-state index contributed by atoms with van der Waals surface area (Å²) in [6.07, 6.45) is 3.10. The first-order valence-electron chi connectivity index (χ1n) is 7.14. The number of benzene rings is 1. The molecular weight excluding hydrogens is 305 g/mol. The minimum Gasteiger partial charge on any atom is -0.381 e. The van der Waals surface area contributed by atoms with Crippen LogP contribution in [0.3, 0.4) is 0 Å². The fourth-order valence-corrected chi connectivity index (χ4v) is 3.02. The Labute approximate surface area is 131 Å². The molecule has 0 saturated carbocycles. The van der Waals surface area contributed by atoms with Crippen LogP contribution in [0.1, 0.15) is 28.1 Å². The van der Waals surface area contributed by atoms with Crippen LogP contribution in [0.5, 0.6) is 0 Å². The van der Waals surface area contributed by atoms with Crippen molar-refractivity contribution >= 4 is 17.4 Å². The molecule has 0 N–H and O–H groups in total. The highest BCUT2D eigenvalue weighted by molar-refractivity contribution is 7.07. The maximum atomic E-state index is 13.0. The zero-order valence-corrected chi connectivity index (χ0v) is 12.8. The van der Waals surface area contributed by atoms with E-state index in [1.165, 1.54) is 18.3 Å². The molecule has 0 aliphatic carbocycles. The molecule has 116 valence electrons. The first kappa shape index (κ1) is 15.1. The summed E-state index contributed by atoms with van der Waals surface area (Å²) < 4.78 is 22.2. The highest BCUT2D eigenvalue weighted by atomic mass is 32.1. The van der Waals surface area contributed by atoms with Gasteiger partial charge in [0.25, 0.3) is 5.91 Å². The van der Waals surface area contributed by atoms with Crippen molar-refractivity contribution in [2.45, 2.75) is 25.4 Å². The highest BCUT2D eigenvalue weighted by Gasteiger charge is 2.27. The molecule has 2 heterocycles. The van der Waals surface area contributed by atoms with Crippen LogP contribution in [0, 0.1) is 5.82 Å². The standard InChI is InChI=1S/C15H16FN3O2S/c16-12-3-1-11(2-4-12)10-19(13-5-7-21-8-6-13)15(20)14-9-17-18-22-14/h1-4,9,13H,5-8,10H2. The van der Waals surface area contributed by atoms with Crippen molar-refractivity contribution in [2.24, 2.45) is 0 Å². The third kappa shape index (κ3) is 3.48. The first-order chi connectivity index (χ1) is 10.7. The molecule has 2 aromatic rings. The molecule has 1 aromatic heterocycles. The summed E-state index contributed by atoms with van der Waals surface area (Å²) >= 11 is 1.09. The van der Waals surface area contributed by atoms with Crippen LogP contribution in [0.15, 0.2) is 30.5 Å². The van der Waals surface area contributed by atoms with E-state index in [4.69, 9.17) is 4.74 Å². The van der Waals surface area contributed by atoms with Gasteiger partial charge in [0.2, 0.25) is 0 Å². The van der Waals surface area contributed by atoms with E-state index in [0.717, 1.165) is 29.9 Å². The van der Waals surface area contributed by atoms with Crippen LogP contribution in [0.4, 0.5) is 4.39 Å². The van der Waals surface area contributed by atoms with E-state index in [2.05, 4.69) is 9.59 Å². The molecule has 0 spiro atoms. The molecule has 3 rings (SSSR count). The van der Waals surface area contributed by atoms with E-state index >= 15 is 0 Å². The molecular formula is C15H16FN3O2S. The third-order valence-corrected chi connectivity index (χ3v) is 4.38. The van der Waals surface area contributed by atoms with Gasteiger partial charge in [0, 0.05) is 25.8 Å². The van der Waals surface area contributed by atoms with Gasteiger partial charge in [0.05, 0.1) is 6.20 Å². The number of rotatable bonds is 4. The van der Waals surface area contributed by atoms with Gasteiger partial charge in [0.1, 0.15) is 10.7 Å². The Morgan fingerprint density at radius 3 is 2.68 bits per heavy atom. The summed E-state index contributed by atoms with van der Waals surface area (Å²) in [5.74, 6) is -0.356. The molecule has 22 heavy (non-hydrogen) atoms. The molecule has 1 aliphatic heterocycles. The van der Waals surface area contributed by atoms with Gasteiger partial charge in [-0.1, -0.05) is 16.6 Å². The molecule has 0 radical (unpaired) electrons. The number of carbonyl (C=O) groups excluding carboxylic acids is 1. The van der Waals surface area contributed by atoms with E-state index in [1.807, 2.05) is 4.90 Å². The average molecular weight is 321 g/mol. The minimum atomic E-state index is -0.278. The molecule has 0 atom stereocenters. The van der Waals surface area contributed by atoms with Crippen LogP contribution < -0.4 is 0 Å². The number of carbonyl (C=O) groups is 1. The Kier molecular flexibility index (Phi) is 4.74. The monoisotopic (exact) mass is 321 g/mol. The molecule has 1 fully saturated rings. The summed E-state index contributed by atoms with van der Waals surface area (Å²) in [6, 6.07) is 6.36. The Balaban J connectivity index is 1.81. The summed E-state index contributed by atoms with van der Waals surface area (Å²) in [5, 5.41) is 3.74. The van der Waals surface area contributed by atoms with Crippen molar-refractivity contribution in [1.29, 1.82) is 0 Å². The Morgan fingerprint density at radius 1 is 1.32 bits per heavy atom. The van der Waals surface area contributed by atoms with E-state index in [-0.39, 0.29) is 17.8 Å². The topological polar surface area (TPSA) is 55.3 Å². The lowest BCUT2D eigenvalue weighted by Gasteiger charge is -2.34. The number of halogens is 1. The number of hydrogen-bond acceptors (Lipinski definition) is 5. The molecule has 1 saturated heterocycles. The SMILES string of the molecule is O=C(c1cnns1)N(Cc1ccc(F)cc1)C1CCOCC1. The quantitative estimate of drug-likeness (QED) is 0.868. The third-order valence-electron chi connectivity index (χ3n) is 3.73. The van der Waals surface area contributed by atoms with Crippen LogP contribution in [0.25, 0.3) is 0 Å². The Morgan fingerprint density at radius 2 is 2.05 bits per heavy atom. The van der Waals surface area contributed by atoms with E-state index in [1.54, 1.807) is 12.1 Å². The minimum absolute atomic E-state index is 0.0776. The van der Waals surface area contributed by atoms with Gasteiger partial charge in [-0.25, -0.2) is 4.39 Å². The fourth-order valence-electron chi connectivity index (χ4n) is 2.55. The largest absolute Gasteiger partial charge is 0.381 e. The summed E-state index contributed by atoms with van der Waals surface area (Å²) in [5.41, 5.74) is 0.902. The Hall–Kier alpha value is -1.86. The average Bonchev–Trinajstić information content (AvgIpc) is 3.09. The number of aromatic nitrogens is 2. The number of ether oxygens (including phenoxy) is 1. The van der Waals surface area contributed by atoms with Crippen LogP contribution in [-0.4, -0.2) is 39.6 Å². The lowest BCUT2D eigenvalue weighted by atomic mass is 10.1. The normalized spacial score (nSPS) is 15.7. The van der Waals surface area contributed by atoms with Gasteiger partial charge in [-0.05, 0) is 42.1 Å².